The van der Waals surface area contributed by atoms with Crippen LogP contribution in [0.25, 0.3) is 0 Å². The van der Waals surface area contributed by atoms with Crippen molar-refractivity contribution in [3.8, 4) is 0 Å². The predicted octanol–water partition coefficient (Wildman–Crippen LogP) is -4.48. The molecule has 0 radical (unpaired) electrons. The highest BCUT2D eigenvalue weighted by molar-refractivity contribution is 5.86. The van der Waals surface area contributed by atoms with Crippen molar-refractivity contribution in [2.45, 2.75) is 13.8 Å². The minimum absolute atomic E-state index is 0.0422. The Balaban J connectivity index is -0.000000169. The average Bonchev–Trinajstić information content (AvgIpc) is 3.05. The highest BCUT2D eigenvalue weighted by atomic mass is 16.2. The largest absolute Gasteiger partial charge is 0.369 e. The average molecular weight is 693 g/mol. The molecule has 0 spiro atoms. The van der Waals surface area contributed by atoms with Gasteiger partial charge in [-0.1, -0.05) is 0 Å². The molecule has 0 atom stereocenters. The van der Waals surface area contributed by atoms with E-state index in [4.69, 9.17) is 5.73 Å². The first-order chi connectivity index (χ1) is 22.4. The Kier molecular flexibility index (Phi) is 40.8. The normalized spacial score (nSPS) is 8.90. The fourth-order valence-corrected chi connectivity index (χ4v) is 2.24. The van der Waals surface area contributed by atoms with E-state index in [9.17, 15) is 43.2 Å². The predicted molar refractivity (Wildman–Crippen MR) is 182 cm³/mol. The zero-order valence-corrected chi connectivity index (χ0v) is 30.6. The molecule has 0 heterocycles. The molecule has 0 saturated carbocycles. The molecule has 19 heteroatoms. The number of nitrogens with zero attached hydrogens (tertiary/aromatic N) is 6. The molecule has 5 N–H and O–H groups in total. The van der Waals surface area contributed by atoms with Crippen LogP contribution in [-0.4, -0.2) is 207 Å². The summed E-state index contributed by atoms with van der Waals surface area (Å²) in [6.07, 6.45) is 2.56. The van der Waals surface area contributed by atoms with Crippen molar-refractivity contribution in [2.75, 3.05) is 122 Å². The second kappa shape index (κ2) is 37.0. The Morgan fingerprint density at radius 2 is 0.812 bits per heavy atom. The van der Waals surface area contributed by atoms with E-state index in [0.29, 0.717) is 38.5 Å². The van der Waals surface area contributed by atoms with E-state index in [1.165, 1.54) is 19.6 Å². The molecule has 0 aromatic rings. The number of carbonyl (C=O) groups is 9. The summed E-state index contributed by atoms with van der Waals surface area (Å²) < 4.78 is 0. The molecule has 19 nitrogen and oxygen atoms in total. The van der Waals surface area contributed by atoms with E-state index >= 15 is 0 Å². The van der Waals surface area contributed by atoms with Gasteiger partial charge in [0.25, 0.3) is 0 Å². The van der Waals surface area contributed by atoms with Gasteiger partial charge in [0, 0.05) is 55.4 Å². The van der Waals surface area contributed by atoms with Gasteiger partial charge in [0.15, 0.2) is 0 Å². The summed E-state index contributed by atoms with van der Waals surface area (Å²) in [5, 5.41) is 8.09. The lowest BCUT2D eigenvalue weighted by molar-refractivity contribution is -0.138. The molecule has 0 saturated heterocycles. The van der Waals surface area contributed by atoms with Gasteiger partial charge in [-0.2, -0.15) is 0 Å². The maximum absolute atomic E-state index is 11.4. The van der Waals surface area contributed by atoms with Gasteiger partial charge in [0.05, 0.1) is 45.8 Å². The Morgan fingerprint density at radius 3 is 0.958 bits per heavy atom. The fraction of sp³-hybridized carbons (Fsp3) is 0.690. The Morgan fingerprint density at radius 1 is 0.521 bits per heavy atom. The topological polar surface area (TPSA) is 235 Å². The van der Waals surface area contributed by atoms with Crippen LogP contribution in [0.3, 0.4) is 0 Å². The van der Waals surface area contributed by atoms with Crippen LogP contribution in [-0.2, 0) is 43.2 Å². The number of hydrogen-bond acceptors (Lipinski definition) is 12. The third kappa shape index (κ3) is 37.7. The molecular formula is C29H60N10O9. The number of primary amides is 1. The van der Waals surface area contributed by atoms with E-state index in [-0.39, 0.29) is 75.3 Å². The van der Waals surface area contributed by atoms with Crippen molar-refractivity contribution < 1.29 is 43.2 Å². The molecule has 0 aliphatic carbocycles. The van der Waals surface area contributed by atoms with Gasteiger partial charge in [0.2, 0.25) is 42.4 Å². The lowest BCUT2D eigenvalue weighted by Crippen LogP contribution is -2.42. The fourth-order valence-electron chi connectivity index (χ4n) is 2.24. The van der Waals surface area contributed by atoms with Gasteiger partial charge >= 0.3 is 0 Å². The minimum Gasteiger partial charge on any atom is -0.369 e. The minimum atomic E-state index is -0.322. The summed E-state index contributed by atoms with van der Waals surface area (Å²) in [4.78, 5) is 102. The standard InChI is InChI=1S/2C9H19N3O2.2C4H7NO2.C3H8N2O/c2*1-5-11(3)9(14)7-12(4)8(13)6-10-2;2*1-5(4-7)2-3-6;1-5-2-3(4)6/h2*10H,5-7H2,1-4H3;2*3-4H,2H2,1H3;5H,2H2,1H3,(H2,4,6). The lowest BCUT2D eigenvalue weighted by atomic mass is 10.4. The lowest BCUT2D eigenvalue weighted by Gasteiger charge is -2.20. The van der Waals surface area contributed by atoms with Crippen LogP contribution in [0.5, 0.6) is 0 Å². The zero-order valence-electron chi connectivity index (χ0n) is 30.6. The van der Waals surface area contributed by atoms with Crippen LogP contribution < -0.4 is 21.7 Å². The van der Waals surface area contributed by atoms with Crippen LogP contribution in [0.1, 0.15) is 13.8 Å². The molecule has 0 unspecified atom stereocenters. The number of nitrogens with two attached hydrogens (primary N) is 1. The highest BCUT2D eigenvalue weighted by Crippen LogP contribution is 1.90. The third-order valence-corrected chi connectivity index (χ3v) is 5.49. The molecule has 0 rings (SSSR count). The number of nitrogens with one attached hydrogen (secondary N) is 3. The Bertz CT molecular complexity index is 862. The Labute approximate surface area is 285 Å². The maximum atomic E-state index is 11.4. The van der Waals surface area contributed by atoms with E-state index in [2.05, 4.69) is 16.0 Å². The number of carbonyl (C=O) groups excluding carboxylic acids is 9. The molecule has 48 heavy (non-hydrogen) atoms. The third-order valence-electron chi connectivity index (χ3n) is 5.49. The molecule has 280 valence electrons. The molecule has 0 aromatic carbocycles. The number of rotatable bonds is 18. The summed E-state index contributed by atoms with van der Waals surface area (Å²) in [6.45, 7) is 6.56. The monoisotopic (exact) mass is 692 g/mol. The van der Waals surface area contributed by atoms with Gasteiger partial charge in [-0.3, -0.25) is 33.6 Å². The molecule has 7 amide bonds. The summed E-state index contributed by atoms with van der Waals surface area (Å²) in [6, 6.07) is 0. The van der Waals surface area contributed by atoms with Crippen molar-refractivity contribution in [1.82, 2.24) is 45.3 Å². The summed E-state index contributed by atoms with van der Waals surface area (Å²) in [7, 11) is 14.9. The Hall–Kier alpha value is -4.49. The first-order valence-corrected chi connectivity index (χ1v) is 14.8. The summed E-state index contributed by atoms with van der Waals surface area (Å²) >= 11 is 0. The van der Waals surface area contributed by atoms with Crippen molar-refractivity contribution in [3.05, 3.63) is 0 Å². The van der Waals surface area contributed by atoms with Crippen LogP contribution in [0.4, 0.5) is 0 Å². The number of aldehydes is 2. The number of likely N-dealkylation sites (N-methyl/N-ethyl adjacent to an activating group) is 9. The molecule has 0 bridgehead atoms. The van der Waals surface area contributed by atoms with E-state index in [1.807, 2.05) is 13.8 Å². The quantitative estimate of drug-likeness (QED) is 0.0996. The van der Waals surface area contributed by atoms with Crippen LogP contribution in [0.15, 0.2) is 0 Å². The second-order valence-electron chi connectivity index (χ2n) is 9.80. The van der Waals surface area contributed by atoms with E-state index in [1.54, 1.807) is 73.2 Å². The van der Waals surface area contributed by atoms with E-state index in [0.717, 1.165) is 0 Å². The second-order valence-corrected chi connectivity index (χ2v) is 9.80. The van der Waals surface area contributed by atoms with Gasteiger partial charge < -0.3 is 60.7 Å². The van der Waals surface area contributed by atoms with Gasteiger partial charge in [-0.05, 0) is 35.0 Å². The van der Waals surface area contributed by atoms with Gasteiger partial charge in [0.1, 0.15) is 12.6 Å². The van der Waals surface area contributed by atoms with Crippen LogP contribution in [0, 0.1) is 0 Å². The molecule has 0 aromatic heterocycles. The van der Waals surface area contributed by atoms with Crippen LogP contribution >= 0.6 is 0 Å². The number of hydrogen-bond donors (Lipinski definition) is 4. The summed E-state index contributed by atoms with van der Waals surface area (Å²) in [5.74, 6) is -0.563. The van der Waals surface area contributed by atoms with Crippen molar-refractivity contribution in [2.24, 2.45) is 5.73 Å². The molecule has 0 fully saturated rings. The smallest absolute Gasteiger partial charge is 0.241 e. The van der Waals surface area contributed by atoms with Crippen molar-refractivity contribution in [1.29, 1.82) is 0 Å². The first-order valence-electron chi connectivity index (χ1n) is 14.8. The molecule has 0 aliphatic rings. The number of amides is 7. The SMILES string of the molecule is CCN(C)C(=O)CN(C)C(=O)CNC.CCN(C)C(=O)CN(C)C(=O)CNC.CN(C=O)CC=O.CN(C=O)CC=O.CNCC(N)=O. The zero-order chi connectivity index (χ0) is 38.7. The van der Waals surface area contributed by atoms with Gasteiger partial charge in [-0.15, -0.1) is 0 Å². The van der Waals surface area contributed by atoms with Gasteiger partial charge in [-0.25, -0.2) is 0 Å². The molecular weight excluding hydrogens is 632 g/mol. The van der Waals surface area contributed by atoms with Crippen LogP contribution in [0.2, 0.25) is 0 Å². The first kappa shape index (κ1) is 53.0. The van der Waals surface area contributed by atoms with Crippen molar-refractivity contribution in [3.63, 3.8) is 0 Å². The van der Waals surface area contributed by atoms with Crippen molar-refractivity contribution >= 4 is 54.9 Å². The van der Waals surface area contributed by atoms with E-state index < -0.39 is 0 Å². The maximum Gasteiger partial charge on any atom is 0.241 e. The summed E-state index contributed by atoms with van der Waals surface area (Å²) in [5.41, 5.74) is 4.70. The highest BCUT2D eigenvalue weighted by Gasteiger charge is 2.15. The molecule has 0 aliphatic heterocycles.